The molecule has 1 heterocycles. The molecule has 0 saturated heterocycles. The predicted molar refractivity (Wildman–Crippen MR) is 66.7 cm³/mol. The number of carbonyl (C=O) groups excluding carboxylic acids is 1. The minimum Gasteiger partial charge on any atom is -0.389 e. The molecule has 0 fully saturated rings. The lowest BCUT2D eigenvalue weighted by molar-refractivity contribution is 0.0875. The van der Waals surface area contributed by atoms with Crippen LogP contribution in [0.2, 0.25) is 5.15 Å². The second kappa shape index (κ2) is 5.12. The van der Waals surface area contributed by atoms with Crippen molar-refractivity contribution in [2.24, 2.45) is 0 Å². The van der Waals surface area contributed by atoms with Crippen molar-refractivity contribution < 1.29 is 9.90 Å². The van der Waals surface area contributed by atoms with Crippen molar-refractivity contribution in [3.8, 4) is 0 Å². The van der Waals surface area contributed by atoms with E-state index < -0.39 is 5.60 Å². The summed E-state index contributed by atoms with van der Waals surface area (Å²) in [5.74, 6) is 0. The highest BCUT2D eigenvalue weighted by atomic mass is 35.5. The molecule has 4 nitrogen and oxygen atoms in total. The van der Waals surface area contributed by atoms with Crippen molar-refractivity contribution in [1.29, 1.82) is 0 Å². The van der Waals surface area contributed by atoms with Gasteiger partial charge in [0.25, 0.3) is 0 Å². The standard InChI is InChI=1S/C10H15ClN2O2S/c1-4-13(6-10(2,3)15)9-12-8(11)7(5-14)16-9/h5,15H,4,6H2,1-3H3. The molecule has 6 heteroatoms. The Hall–Kier alpha value is -0.650. The molecule has 0 aliphatic rings. The van der Waals surface area contributed by atoms with Gasteiger partial charge in [-0.2, -0.15) is 0 Å². The second-order valence-electron chi connectivity index (χ2n) is 4.10. The van der Waals surface area contributed by atoms with Crippen LogP contribution in [-0.4, -0.2) is 35.1 Å². The number of nitrogens with zero attached hydrogens (tertiary/aromatic N) is 2. The molecule has 0 bridgehead atoms. The van der Waals surface area contributed by atoms with Gasteiger partial charge in [-0.05, 0) is 20.8 Å². The van der Waals surface area contributed by atoms with Crippen LogP contribution in [0.5, 0.6) is 0 Å². The summed E-state index contributed by atoms with van der Waals surface area (Å²) in [7, 11) is 0. The number of rotatable bonds is 5. The zero-order valence-electron chi connectivity index (χ0n) is 9.53. The average Bonchev–Trinajstić information content (AvgIpc) is 2.54. The molecule has 0 unspecified atom stereocenters. The van der Waals surface area contributed by atoms with E-state index in [1.54, 1.807) is 13.8 Å². The predicted octanol–water partition coefficient (Wildman–Crippen LogP) is 2.21. The first-order chi connectivity index (χ1) is 7.37. The molecule has 1 aromatic heterocycles. The Bertz CT molecular complexity index is 373. The number of hydrogen-bond donors (Lipinski definition) is 1. The maximum atomic E-state index is 10.7. The molecule has 0 amide bonds. The van der Waals surface area contributed by atoms with E-state index in [1.807, 2.05) is 11.8 Å². The smallest absolute Gasteiger partial charge is 0.187 e. The minimum absolute atomic E-state index is 0.226. The molecule has 0 aliphatic carbocycles. The molecule has 0 saturated carbocycles. The van der Waals surface area contributed by atoms with Gasteiger partial charge < -0.3 is 10.0 Å². The van der Waals surface area contributed by atoms with E-state index >= 15 is 0 Å². The summed E-state index contributed by atoms with van der Waals surface area (Å²) in [6.45, 7) is 6.57. The van der Waals surface area contributed by atoms with Gasteiger partial charge >= 0.3 is 0 Å². The fourth-order valence-electron chi connectivity index (χ4n) is 1.29. The van der Waals surface area contributed by atoms with Gasteiger partial charge in [-0.15, -0.1) is 0 Å². The van der Waals surface area contributed by atoms with Crippen molar-refractivity contribution in [3.05, 3.63) is 10.0 Å². The average molecular weight is 263 g/mol. The van der Waals surface area contributed by atoms with Gasteiger partial charge in [0.1, 0.15) is 4.88 Å². The largest absolute Gasteiger partial charge is 0.389 e. The highest BCUT2D eigenvalue weighted by molar-refractivity contribution is 7.17. The molecule has 0 radical (unpaired) electrons. The normalized spacial score (nSPS) is 11.6. The van der Waals surface area contributed by atoms with Crippen LogP contribution in [0, 0.1) is 0 Å². The molecule has 0 aliphatic heterocycles. The molecule has 0 atom stereocenters. The lowest BCUT2D eigenvalue weighted by atomic mass is 10.1. The number of likely N-dealkylation sites (N-methyl/N-ethyl adjacent to an activating group) is 1. The van der Waals surface area contributed by atoms with Crippen molar-refractivity contribution >= 4 is 34.4 Å². The third-order valence-corrected chi connectivity index (χ3v) is 3.38. The molecule has 90 valence electrons. The summed E-state index contributed by atoms with van der Waals surface area (Å²) in [5, 5.41) is 10.6. The van der Waals surface area contributed by atoms with Gasteiger partial charge in [-0.1, -0.05) is 22.9 Å². The summed E-state index contributed by atoms with van der Waals surface area (Å²) >= 11 is 7.03. The molecule has 1 rings (SSSR count). The maximum Gasteiger partial charge on any atom is 0.187 e. The quantitative estimate of drug-likeness (QED) is 0.827. The van der Waals surface area contributed by atoms with E-state index in [4.69, 9.17) is 11.6 Å². The van der Waals surface area contributed by atoms with Crippen LogP contribution in [0.3, 0.4) is 0 Å². The lowest BCUT2D eigenvalue weighted by Crippen LogP contribution is -2.38. The third kappa shape index (κ3) is 3.43. The summed E-state index contributed by atoms with van der Waals surface area (Å²) in [6, 6.07) is 0. The molecule has 1 N–H and O–H groups in total. The number of carbonyl (C=O) groups is 1. The number of anilines is 1. The van der Waals surface area contributed by atoms with Crippen LogP contribution in [0.15, 0.2) is 0 Å². The minimum atomic E-state index is -0.810. The molecular weight excluding hydrogens is 248 g/mol. The van der Waals surface area contributed by atoms with Crippen LogP contribution >= 0.6 is 22.9 Å². The molecule has 0 spiro atoms. The van der Waals surface area contributed by atoms with Gasteiger partial charge in [-0.3, -0.25) is 4.79 Å². The highest BCUT2D eigenvalue weighted by Gasteiger charge is 2.21. The summed E-state index contributed by atoms with van der Waals surface area (Å²) < 4.78 is 0. The molecule has 16 heavy (non-hydrogen) atoms. The number of aliphatic hydroxyl groups is 1. The zero-order chi connectivity index (χ0) is 12.3. The third-order valence-electron chi connectivity index (χ3n) is 1.94. The number of thiazole rings is 1. The molecule has 0 aromatic carbocycles. The van der Waals surface area contributed by atoms with Crippen molar-refractivity contribution in [1.82, 2.24) is 4.98 Å². The Morgan fingerprint density at radius 1 is 1.62 bits per heavy atom. The number of hydrogen-bond acceptors (Lipinski definition) is 5. The Morgan fingerprint density at radius 2 is 2.25 bits per heavy atom. The van der Waals surface area contributed by atoms with Crippen LogP contribution in [0.1, 0.15) is 30.4 Å². The van der Waals surface area contributed by atoms with Crippen LogP contribution in [0.25, 0.3) is 0 Å². The number of halogens is 1. The first kappa shape index (κ1) is 13.4. The second-order valence-corrected chi connectivity index (χ2v) is 5.46. The Labute approximate surface area is 104 Å². The van der Waals surface area contributed by atoms with Gasteiger partial charge in [0.05, 0.1) is 5.60 Å². The van der Waals surface area contributed by atoms with Gasteiger partial charge in [0.2, 0.25) is 0 Å². The summed E-state index contributed by atoms with van der Waals surface area (Å²) in [6.07, 6.45) is 0.696. The monoisotopic (exact) mass is 262 g/mol. The van der Waals surface area contributed by atoms with E-state index in [9.17, 15) is 9.90 Å². The van der Waals surface area contributed by atoms with Crippen molar-refractivity contribution in [2.75, 3.05) is 18.0 Å². The van der Waals surface area contributed by atoms with Gasteiger partial charge in [0.15, 0.2) is 16.6 Å². The van der Waals surface area contributed by atoms with Crippen molar-refractivity contribution in [2.45, 2.75) is 26.4 Å². The van der Waals surface area contributed by atoms with E-state index in [2.05, 4.69) is 4.98 Å². The van der Waals surface area contributed by atoms with Crippen LogP contribution < -0.4 is 4.90 Å². The number of aldehydes is 1. The van der Waals surface area contributed by atoms with Crippen LogP contribution in [-0.2, 0) is 0 Å². The van der Waals surface area contributed by atoms with Crippen molar-refractivity contribution in [3.63, 3.8) is 0 Å². The van der Waals surface area contributed by atoms with E-state index in [0.717, 1.165) is 0 Å². The Kier molecular flexibility index (Phi) is 4.29. The van der Waals surface area contributed by atoms with Gasteiger partial charge in [-0.25, -0.2) is 4.98 Å². The number of aromatic nitrogens is 1. The topological polar surface area (TPSA) is 53.4 Å². The van der Waals surface area contributed by atoms with Gasteiger partial charge in [0, 0.05) is 13.1 Å². The van der Waals surface area contributed by atoms with E-state index in [1.165, 1.54) is 11.3 Å². The fraction of sp³-hybridized carbons (Fsp3) is 0.600. The lowest BCUT2D eigenvalue weighted by Gasteiger charge is -2.27. The Morgan fingerprint density at radius 3 is 2.62 bits per heavy atom. The zero-order valence-corrected chi connectivity index (χ0v) is 11.1. The Balaban J connectivity index is 2.91. The van der Waals surface area contributed by atoms with E-state index in [-0.39, 0.29) is 5.15 Å². The highest BCUT2D eigenvalue weighted by Crippen LogP contribution is 2.28. The van der Waals surface area contributed by atoms with E-state index in [0.29, 0.717) is 29.4 Å². The maximum absolute atomic E-state index is 10.7. The molecular formula is C10H15ClN2O2S. The van der Waals surface area contributed by atoms with Crippen LogP contribution in [0.4, 0.5) is 5.13 Å². The first-order valence-corrected chi connectivity index (χ1v) is 6.15. The SMILES string of the molecule is CCN(CC(C)(C)O)c1nc(Cl)c(C=O)s1. The fourth-order valence-corrected chi connectivity index (χ4v) is 2.42. The summed E-state index contributed by atoms with van der Waals surface area (Å²) in [4.78, 5) is 17.1. The summed E-state index contributed by atoms with van der Waals surface area (Å²) in [5.41, 5.74) is -0.810. The first-order valence-electron chi connectivity index (χ1n) is 4.96. The molecule has 1 aromatic rings.